The van der Waals surface area contributed by atoms with Crippen LogP contribution in [0.4, 0.5) is 15.8 Å². The van der Waals surface area contributed by atoms with E-state index in [0.717, 1.165) is 68.1 Å². The number of anilines is 2. The minimum atomic E-state index is -0.557. The monoisotopic (exact) mass is 425 g/mol. The Morgan fingerprint density at radius 2 is 1.74 bits per heavy atom. The van der Waals surface area contributed by atoms with Crippen LogP contribution in [0.2, 0.25) is 0 Å². The molecule has 1 unspecified atom stereocenters. The number of hydrogen-bond donors (Lipinski definition) is 1. The largest absolute Gasteiger partial charge is 0.387 e. The lowest BCUT2D eigenvalue weighted by Crippen LogP contribution is -2.47. The molecule has 1 atom stereocenters. The van der Waals surface area contributed by atoms with Gasteiger partial charge in [0.25, 0.3) is 0 Å². The molecule has 2 heterocycles. The summed E-state index contributed by atoms with van der Waals surface area (Å²) in [5.74, 6) is -0.0784. The first kappa shape index (κ1) is 21.8. The molecule has 1 amide bonds. The van der Waals surface area contributed by atoms with E-state index in [0.29, 0.717) is 6.54 Å². The SMILES string of the molecule is CC(C)C(=O)N1CCCc2cc(C(O)CN3CCN(c4ccc(F)cc4)CC3)ccc21. The molecule has 0 saturated carbocycles. The van der Waals surface area contributed by atoms with Crippen LogP contribution < -0.4 is 9.80 Å². The fraction of sp³-hybridized carbons (Fsp3) is 0.480. The molecule has 1 fully saturated rings. The van der Waals surface area contributed by atoms with E-state index in [2.05, 4.69) is 15.9 Å². The van der Waals surface area contributed by atoms with E-state index in [1.807, 2.05) is 43.0 Å². The first-order valence-corrected chi connectivity index (χ1v) is 11.3. The van der Waals surface area contributed by atoms with Crippen LogP contribution in [0, 0.1) is 11.7 Å². The molecular formula is C25H32FN3O2. The number of β-amino-alcohol motifs (C(OH)–C–C–N with tert-alkyl or cyclic N) is 1. The standard InChI is InChI=1S/C25H32FN3O2/c1-18(2)25(31)29-11-3-4-19-16-20(5-10-23(19)29)24(30)17-27-12-14-28(15-13-27)22-8-6-21(26)7-9-22/h5-10,16,18,24,30H,3-4,11-15,17H2,1-2H3. The number of benzene rings is 2. The van der Waals surface area contributed by atoms with Crippen LogP contribution >= 0.6 is 0 Å². The average molecular weight is 426 g/mol. The third-order valence-electron chi connectivity index (χ3n) is 6.36. The van der Waals surface area contributed by atoms with E-state index in [1.54, 1.807) is 0 Å². The Morgan fingerprint density at radius 3 is 2.42 bits per heavy atom. The number of hydrogen-bond acceptors (Lipinski definition) is 4. The van der Waals surface area contributed by atoms with Crippen LogP contribution in [-0.4, -0.2) is 55.2 Å². The Balaban J connectivity index is 1.37. The van der Waals surface area contributed by atoms with Gasteiger partial charge in [-0.2, -0.15) is 0 Å². The van der Waals surface area contributed by atoms with Crippen LogP contribution in [0.25, 0.3) is 0 Å². The highest BCUT2D eigenvalue weighted by molar-refractivity contribution is 5.95. The Labute approximate surface area is 184 Å². The van der Waals surface area contributed by atoms with E-state index < -0.39 is 6.10 Å². The topological polar surface area (TPSA) is 47.0 Å². The van der Waals surface area contributed by atoms with Gasteiger partial charge in [0.05, 0.1) is 6.10 Å². The average Bonchev–Trinajstić information content (AvgIpc) is 2.78. The smallest absolute Gasteiger partial charge is 0.229 e. The molecule has 2 aromatic carbocycles. The van der Waals surface area contributed by atoms with Gasteiger partial charge >= 0.3 is 0 Å². The van der Waals surface area contributed by atoms with Crippen molar-refractivity contribution < 1.29 is 14.3 Å². The predicted octanol–water partition coefficient (Wildman–Crippen LogP) is 3.62. The van der Waals surface area contributed by atoms with Gasteiger partial charge in [-0.1, -0.05) is 26.0 Å². The van der Waals surface area contributed by atoms with Gasteiger partial charge in [0, 0.05) is 56.6 Å². The van der Waals surface area contributed by atoms with Crippen molar-refractivity contribution >= 4 is 17.3 Å². The summed E-state index contributed by atoms with van der Waals surface area (Å²) < 4.78 is 13.1. The predicted molar refractivity (Wildman–Crippen MR) is 122 cm³/mol. The Kier molecular flexibility index (Phi) is 6.58. The molecule has 2 aromatic rings. The van der Waals surface area contributed by atoms with Crippen LogP contribution in [0.1, 0.15) is 37.5 Å². The number of carbonyl (C=O) groups excluding carboxylic acids is 1. The second-order valence-electron chi connectivity index (χ2n) is 8.92. The van der Waals surface area contributed by atoms with Crippen molar-refractivity contribution in [3.8, 4) is 0 Å². The van der Waals surface area contributed by atoms with Gasteiger partial charge < -0.3 is 14.9 Å². The van der Waals surface area contributed by atoms with Crippen LogP contribution in [-0.2, 0) is 11.2 Å². The van der Waals surface area contributed by atoms with Crippen molar-refractivity contribution in [2.75, 3.05) is 49.1 Å². The maximum atomic E-state index is 13.1. The number of rotatable bonds is 5. The molecule has 2 aliphatic rings. The third-order valence-corrected chi connectivity index (χ3v) is 6.36. The van der Waals surface area contributed by atoms with Crippen molar-refractivity contribution in [1.82, 2.24) is 4.90 Å². The number of aryl methyl sites for hydroxylation is 1. The number of amides is 1. The van der Waals surface area contributed by atoms with Gasteiger partial charge in [-0.15, -0.1) is 0 Å². The number of fused-ring (bicyclic) bond motifs is 1. The van der Waals surface area contributed by atoms with Gasteiger partial charge in [0.1, 0.15) is 5.82 Å². The molecule has 5 nitrogen and oxygen atoms in total. The van der Waals surface area contributed by atoms with E-state index >= 15 is 0 Å². The molecule has 0 radical (unpaired) electrons. The highest BCUT2D eigenvalue weighted by atomic mass is 19.1. The molecule has 1 N–H and O–H groups in total. The van der Waals surface area contributed by atoms with Crippen molar-refractivity contribution in [2.45, 2.75) is 32.8 Å². The number of aliphatic hydroxyl groups is 1. The number of halogens is 1. The Bertz CT molecular complexity index is 907. The van der Waals surface area contributed by atoms with Gasteiger partial charge in [0.15, 0.2) is 0 Å². The summed E-state index contributed by atoms with van der Waals surface area (Å²) in [5, 5.41) is 10.9. The molecule has 31 heavy (non-hydrogen) atoms. The molecule has 1 saturated heterocycles. The van der Waals surface area contributed by atoms with E-state index in [9.17, 15) is 14.3 Å². The fourth-order valence-corrected chi connectivity index (χ4v) is 4.56. The number of piperazine rings is 1. The lowest BCUT2D eigenvalue weighted by Gasteiger charge is -2.37. The maximum absolute atomic E-state index is 13.1. The summed E-state index contributed by atoms with van der Waals surface area (Å²) in [5.41, 5.74) is 4.10. The van der Waals surface area contributed by atoms with Crippen molar-refractivity contribution in [2.24, 2.45) is 5.92 Å². The maximum Gasteiger partial charge on any atom is 0.229 e. The Hall–Kier alpha value is -2.44. The molecule has 0 bridgehead atoms. The van der Waals surface area contributed by atoms with E-state index in [-0.39, 0.29) is 17.6 Å². The second kappa shape index (κ2) is 9.37. The third kappa shape index (κ3) is 4.91. The molecule has 166 valence electrons. The normalized spacial score (nSPS) is 18.2. The molecule has 4 rings (SSSR count). The summed E-state index contributed by atoms with van der Waals surface area (Å²) in [4.78, 5) is 19.0. The van der Waals surface area contributed by atoms with Crippen molar-refractivity contribution in [3.63, 3.8) is 0 Å². The molecule has 0 aliphatic carbocycles. The molecule has 0 aromatic heterocycles. The zero-order valence-electron chi connectivity index (χ0n) is 18.4. The van der Waals surface area contributed by atoms with Gasteiger partial charge in [-0.05, 0) is 54.3 Å². The summed E-state index contributed by atoms with van der Waals surface area (Å²) >= 11 is 0. The lowest BCUT2D eigenvalue weighted by molar-refractivity contribution is -0.121. The van der Waals surface area contributed by atoms with Crippen molar-refractivity contribution in [1.29, 1.82) is 0 Å². The molecule has 6 heteroatoms. The summed E-state index contributed by atoms with van der Waals surface area (Å²) in [6.45, 7) is 8.65. The van der Waals surface area contributed by atoms with Crippen LogP contribution in [0.5, 0.6) is 0 Å². The van der Waals surface area contributed by atoms with Gasteiger partial charge in [0.2, 0.25) is 5.91 Å². The van der Waals surface area contributed by atoms with Crippen molar-refractivity contribution in [3.05, 3.63) is 59.4 Å². The van der Waals surface area contributed by atoms with Gasteiger partial charge in [-0.25, -0.2) is 4.39 Å². The van der Waals surface area contributed by atoms with E-state index in [4.69, 9.17) is 0 Å². The number of carbonyl (C=O) groups is 1. The minimum absolute atomic E-state index is 0.0233. The van der Waals surface area contributed by atoms with Crippen LogP contribution in [0.15, 0.2) is 42.5 Å². The summed E-state index contributed by atoms with van der Waals surface area (Å²) in [6.07, 6.45) is 1.34. The quantitative estimate of drug-likeness (QED) is 0.795. The highest BCUT2D eigenvalue weighted by Crippen LogP contribution is 2.31. The summed E-state index contributed by atoms with van der Waals surface area (Å²) in [7, 11) is 0. The second-order valence-corrected chi connectivity index (χ2v) is 8.92. The molecule has 0 spiro atoms. The van der Waals surface area contributed by atoms with E-state index in [1.165, 1.54) is 12.1 Å². The zero-order chi connectivity index (χ0) is 22.0. The highest BCUT2D eigenvalue weighted by Gasteiger charge is 2.26. The minimum Gasteiger partial charge on any atom is -0.387 e. The fourth-order valence-electron chi connectivity index (χ4n) is 4.56. The first-order valence-electron chi connectivity index (χ1n) is 11.3. The first-order chi connectivity index (χ1) is 14.9. The van der Waals surface area contributed by atoms with Crippen LogP contribution in [0.3, 0.4) is 0 Å². The number of nitrogens with zero attached hydrogens (tertiary/aromatic N) is 3. The molecular weight excluding hydrogens is 393 g/mol. The number of aliphatic hydroxyl groups excluding tert-OH is 1. The molecule has 2 aliphatic heterocycles. The van der Waals surface area contributed by atoms with Gasteiger partial charge in [-0.3, -0.25) is 9.69 Å². The lowest BCUT2D eigenvalue weighted by atomic mass is 9.96. The zero-order valence-corrected chi connectivity index (χ0v) is 18.4. The Morgan fingerprint density at radius 1 is 1.03 bits per heavy atom. The summed E-state index contributed by atoms with van der Waals surface area (Å²) in [6, 6.07) is 12.7.